The molecule has 2 aromatic carbocycles. The molecule has 4 rings (SSSR count). The van der Waals surface area contributed by atoms with Crippen LogP contribution in [0.15, 0.2) is 53.6 Å². The summed E-state index contributed by atoms with van der Waals surface area (Å²) in [5.41, 5.74) is 1.54. The van der Waals surface area contributed by atoms with Crippen molar-refractivity contribution in [3.05, 3.63) is 64.8 Å². The summed E-state index contributed by atoms with van der Waals surface area (Å²) in [5.74, 6) is -1.94. The van der Waals surface area contributed by atoms with Gasteiger partial charge in [0, 0.05) is 34.2 Å². The van der Waals surface area contributed by atoms with Crippen molar-refractivity contribution < 1.29 is 23.9 Å². The van der Waals surface area contributed by atoms with Gasteiger partial charge in [0.2, 0.25) is 0 Å². The number of amides is 3. The molecule has 0 saturated heterocycles. The van der Waals surface area contributed by atoms with E-state index >= 15 is 0 Å². The Bertz CT molecular complexity index is 1310. The Hall–Kier alpha value is -3.43. The van der Waals surface area contributed by atoms with Gasteiger partial charge in [-0.05, 0) is 43.3 Å². The van der Waals surface area contributed by atoms with Crippen molar-refractivity contribution in [1.29, 1.82) is 0 Å². The molecule has 0 radical (unpaired) electrons. The van der Waals surface area contributed by atoms with Crippen LogP contribution in [0.2, 0.25) is 5.02 Å². The molecule has 0 aliphatic carbocycles. The number of hydrogen-bond donors (Lipinski definition) is 1. The maximum absolute atomic E-state index is 12.4. The highest BCUT2D eigenvalue weighted by Crippen LogP contribution is 2.31. The molecule has 10 heteroatoms. The van der Waals surface area contributed by atoms with Gasteiger partial charge in [-0.1, -0.05) is 17.7 Å². The highest BCUT2D eigenvalue weighted by atomic mass is 35.5. The van der Waals surface area contributed by atoms with Gasteiger partial charge >= 0.3 is 5.97 Å². The molecule has 2 heterocycles. The van der Waals surface area contributed by atoms with Gasteiger partial charge < -0.3 is 10.1 Å². The Kier molecular flexibility index (Phi) is 6.35. The van der Waals surface area contributed by atoms with E-state index in [1.165, 1.54) is 37.0 Å². The van der Waals surface area contributed by atoms with Crippen LogP contribution in [-0.2, 0) is 14.3 Å². The van der Waals surface area contributed by atoms with Crippen LogP contribution in [0.3, 0.4) is 0 Å². The van der Waals surface area contributed by atoms with Crippen molar-refractivity contribution >= 4 is 63.6 Å². The number of nitrogens with one attached hydrogen (secondary N) is 1. The number of halogens is 1. The first kappa shape index (κ1) is 22.8. The van der Waals surface area contributed by atoms with E-state index < -0.39 is 35.5 Å². The Morgan fingerprint density at radius 3 is 2.67 bits per heavy atom. The van der Waals surface area contributed by atoms with E-state index in [2.05, 4.69) is 10.3 Å². The largest absolute Gasteiger partial charge is 0.455 e. The Labute approximate surface area is 198 Å². The highest BCUT2D eigenvalue weighted by Gasteiger charge is 2.32. The molecule has 3 amide bonds. The van der Waals surface area contributed by atoms with E-state index in [4.69, 9.17) is 16.3 Å². The van der Waals surface area contributed by atoms with Crippen molar-refractivity contribution in [1.82, 2.24) is 9.88 Å². The van der Waals surface area contributed by atoms with Crippen LogP contribution < -0.4 is 5.32 Å². The standard InChI is InChI=1S/C23H18ClN3O5S/c1-12(33-19-7-8-25-18-9-13(24)3-5-16(18)19)23(31)32-11-20(28)26-14-4-6-15-17(10-14)22(30)27(2)21(15)29/h3-10,12H,11H2,1-2H3,(H,26,28). The van der Waals surface area contributed by atoms with Gasteiger partial charge in [0.05, 0.1) is 16.6 Å². The molecule has 1 unspecified atom stereocenters. The Morgan fingerprint density at radius 1 is 1.12 bits per heavy atom. The number of esters is 1. The van der Waals surface area contributed by atoms with Crippen LogP contribution >= 0.6 is 23.4 Å². The first-order valence-corrected chi connectivity index (χ1v) is 11.1. The summed E-state index contributed by atoms with van der Waals surface area (Å²) in [6, 6.07) is 11.6. The van der Waals surface area contributed by atoms with E-state index in [0.717, 1.165) is 15.2 Å². The zero-order chi connectivity index (χ0) is 23.7. The van der Waals surface area contributed by atoms with E-state index in [-0.39, 0.29) is 11.1 Å². The van der Waals surface area contributed by atoms with Crippen LogP contribution in [0.25, 0.3) is 10.9 Å². The summed E-state index contributed by atoms with van der Waals surface area (Å²) >= 11 is 7.30. The summed E-state index contributed by atoms with van der Waals surface area (Å²) in [6.45, 7) is 1.20. The fraction of sp³-hybridized carbons (Fsp3) is 0.174. The number of rotatable bonds is 6. The summed E-state index contributed by atoms with van der Waals surface area (Å²) in [6.07, 6.45) is 1.64. The number of carbonyl (C=O) groups is 4. The molecule has 3 aromatic rings. The number of carbonyl (C=O) groups excluding carboxylic acids is 4. The molecule has 1 aliphatic rings. The zero-order valence-corrected chi connectivity index (χ0v) is 19.2. The summed E-state index contributed by atoms with van der Waals surface area (Å²) < 4.78 is 5.15. The summed E-state index contributed by atoms with van der Waals surface area (Å²) in [7, 11) is 1.39. The van der Waals surface area contributed by atoms with Crippen molar-refractivity contribution in [2.24, 2.45) is 0 Å². The number of benzene rings is 2. The lowest BCUT2D eigenvalue weighted by molar-refractivity contribution is -0.146. The van der Waals surface area contributed by atoms with Crippen molar-refractivity contribution in [3.8, 4) is 0 Å². The molecule has 0 bridgehead atoms. The van der Waals surface area contributed by atoms with Crippen LogP contribution in [0, 0.1) is 0 Å². The maximum atomic E-state index is 12.4. The molecule has 168 valence electrons. The van der Waals surface area contributed by atoms with E-state index in [9.17, 15) is 19.2 Å². The second-order valence-corrected chi connectivity index (χ2v) is 9.14. The number of ether oxygens (including phenoxy) is 1. The first-order chi connectivity index (χ1) is 15.7. The molecule has 0 saturated carbocycles. The predicted molar refractivity (Wildman–Crippen MR) is 125 cm³/mol. The van der Waals surface area contributed by atoms with Crippen LogP contribution in [-0.4, -0.2) is 52.5 Å². The SMILES string of the molecule is CC(Sc1ccnc2cc(Cl)ccc12)C(=O)OCC(=O)Nc1ccc2c(c1)C(=O)N(C)C2=O. The third-order valence-electron chi connectivity index (χ3n) is 5.02. The van der Waals surface area contributed by atoms with Crippen LogP contribution in [0.4, 0.5) is 5.69 Å². The zero-order valence-electron chi connectivity index (χ0n) is 17.6. The molecular weight excluding hydrogens is 466 g/mol. The number of fused-ring (bicyclic) bond motifs is 2. The average Bonchev–Trinajstić information content (AvgIpc) is 3.01. The predicted octanol–water partition coefficient (Wildman–Crippen LogP) is 3.78. The van der Waals surface area contributed by atoms with Crippen LogP contribution in [0.1, 0.15) is 27.6 Å². The van der Waals surface area contributed by atoms with Gasteiger partial charge in [-0.15, -0.1) is 11.8 Å². The smallest absolute Gasteiger partial charge is 0.319 e. The van der Waals surface area contributed by atoms with Gasteiger partial charge in [-0.25, -0.2) is 0 Å². The van der Waals surface area contributed by atoms with Gasteiger partial charge in [-0.3, -0.25) is 29.1 Å². The second-order valence-electron chi connectivity index (χ2n) is 7.32. The number of nitrogens with zero attached hydrogens (tertiary/aromatic N) is 2. The number of aromatic nitrogens is 1. The monoisotopic (exact) mass is 483 g/mol. The quantitative estimate of drug-likeness (QED) is 0.323. The molecule has 1 N–H and O–H groups in total. The molecule has 8 nitrogen and oxygen atoms in total. The maximum Gasteiger partial charge on any atom is 0.319 e. The lowest BCUT2D eigenvalue weighted by Crippen LogP contribution is -2.25. The average molecular weight is 484 g/mol. The number of imide groups is 1. The highest BCUT2D eigenvalue weighted by molar-refractivity contribution is 8.00. The molecule has 1 atom stereocenters. The summed E-state index contributed by atoms with van der Waals surface area (Å²) in [4.78, 5) is 54.8. The minimum absolute atomic E-state index is 0.216. The van der Waals surface area contributed by atoms with Crippen molar-refractivity contribution in [2.75, 3.05) is 19.0 Å². The lowest BCUT2D eigenvalue weighted by atomic mass is 10.1. The van der Waals surface area contributed by atoms with Crippen molar-refractivity contribution in [3.63, 3.8) is 0 Å². The molecule has 1 aromatic heterocycles. The van der Waals surface area contributed by atoms with Gasteiger partial charge in [-0.2, -0.15) is 0 Å². The lowest BCUT2D eigenvalue weighted by Gasteiger charge is -2.13. The van der Waals surface area contributed by atoms with Gasteiger partial charge in [0.1, 0.15) is 5.25 Å². The topological polar surface area (TPSA) is 106 Å². The molecule has 0 spiro atoms. The Balaban J connectivity index is 1.34. The number of pyridine rings is 1. The third-order valence-corrected chi connectivity index (χ3v) is 6.41. The van der Waals surface area contributed by atoms with Crippen LogP contribution in [0.5, 0.6) is 0 Å². The Morgan fingerprint density at radius 2 is 1.88 bits per heavy atom. The summed E-state index contributed by atoms with van der Waals surface area (Å²) in [5, 5.41) is 3.43. The van der Waals surface area contributed by atoms with E-state index in [1.807, 2.05) is 6.07 Å². The normalized spacial score (nSPS) is 13.7. The minimum atomic E-state index is -0.571. The minimum Gasteiger partial charge on any atom is -0.455 e. The van der Waals surface area contributed by atoms with E-state index in [1.54, 1.807) is 31.3 Å². The molecular formula is C23H18ClN3O5S. The number of thioether (sulfide) groups is 1. The first-order valence-electron chi connectivity index (χ1n) is 9.88. The second kappa shape index (κ2) is 9.21. The molecule has 0 fully saturated rings. The van der Waals surface area contributed by atoms with E-state index in [0.29, 0.717) is 16.2 Å². The fourth-order valence-electron chi connectivity index (χ4n) is 3.33. The van der Waals surface area contributed by atoms with Crippen molar-refractivity contribution in [2.45, 2.75) is 17.1 Å². The third kappa shape index (κ3) is 4.69. The fourth-order valence-corrected chi connectivity index (χ4v) is 4.48. The number of anilines is 1. The van der Waals surface area contributed by atoms with Gasteiger partial charge in [0.15, 0.2) is 6.61 Å². The number of hydrogen-bond acceptors (Lipinski definition) is 7. The molecule has 1 aliphatic heterocycles. The van der Waals surface area contributed by atoms with Gasteiger partial charge in [0.25, 0.3) is 17.7 Å². The molecule has 33 heavy (non-hydrogen) atoms.